The minimum absolute atomic E-state index is 0.0366. The Labute approximate surface area is 93.4 Å². The molecule has 0 N–H and O–H groups in total. The summed E-state index contributed by atoms with van der Waals surface area (Å²) in [7, 11) is 0. The van der Waals surface area contributed by atoms with Crippen LogP contribution in [-0.2, 0) is 19.1 Å². The Balaban J connectivity index is 3.89. The SMILES string of the molecule is CC(C(=O)OCCC#N)C(=O)OCCC#N. The Morgan fingerprint density at radius 2 is 1.44 bits per heavy atom. The molecule has 86 valence electrons. The van der Waals surface area contributed by atoms with Gasteiger partial charge in [-0.1, -0.05) is 0 Å². The first-order valence-electron chi connectivity index (χ1n) is 4.70. The summed E-state index contributed by atoms with van der Waals surface area (Å²) in [4.78, 5) is 22.4. The molecule has 0 rings (SSSR count). The van der Waals surface area contributed by atoms with Gasteiger partial charge in [0.1, 0.15) is 13.2 Å². The molecule has 0 fully saturated rings. The zero-order valence-corrected chi connectivity index (χ0v) is 8.93. The maximum absolute atomic E-state index is 11.2. The molecule has 0 aromatic heterocycles. The van der Waals surface area contributed by atoms with E-state index < -0.39 is 17.9 Å². The number of ether oxygens (including phenoxy) is 2. The fourth-order valence-electron chi connectivity index (χ4n) is 0.741. The van der Waals surface area contributed by atoms with Gasteiger partial charge in [-0.2, -0.15) is 10.5 Å². The molecule has 0 aliphatic rings. The van der Waals surface area contributed by atoms with Crippen molar-refractivity contribution in [3.8, 4) is 12.1 Å². The van der Waals surface area contributed by atoms with E-state index >= 15 is 0 Å². The first kappa shape index (κ1) is 13.9. The van der Waals surface area contributed by atoms with Crippen LogP contribution in [0.5, 0.6) is 0 Å². The van der Waals surface area contributed by atoms with E-state index in [1.807, 2.05) is 0 Å². The second-order valence-electron chi connectivity index (χ2n) is 2.87. The summed E-state index contributed by atoms with van der Waals surface area (Å²) < 4.78 is 9.29. The molecule has 0 bridgehead atoms. The number of nitriles is 2. The number of hydrogen-bond acceptors (Lipinski definition) is 6. The molecule has 0 aliphatic heterocycles. The molecule has 6 heteroatoms. The average molecular weight is 224 g/mol. The Bertz CT molecular complexity index is 295. The molecule has 0 spiro atoms. The van der Waals surface area contributed by atoms with Gasteiger partial charge in [0.15, 0.2) is 5.92 Å². The van der Waals surface area contributed by atoms with Gasteiger partial charge < -0.3 is 9.47 Å². The van der Waals surface area contributed by atoms with Gasteiger partial charge in [-0.25, -0.2) is 0 Å². The van der Waals surface area contributed by atoms with Crippen LogP contribution in [0.3, 0.4) is 0 Å². The zero-order chi connectivity index (χ0) is 12.4. The summed E-state index contributed by atoms with van der Waals surface area (Å²) in [6.07, 6.45) is 0.171. The summed E-state index contributed by atoms with van der Waals surface area (Å²) in [5.74, 6) is -2.48. The molecular weight excluding hydrogens is 212 g/mol. The molecule has 0 unspecified atom stereocenters. The molecule has 0 aromatic rings. The smallest absolute Gasteiger partial charge is 0.320 e. The zero-order valence-electron chi connectivity index (χ0n) is 8.93. The lowest BCUT2D eigenvalue weighted by atomic mass is 10.2. The molecule has 16 heavy (non-hydrogen) atoms. The van der Waals surface area contributed by atoms with Crippen LogP contribution in [0.4, 0.5) is 0 Å². The van der Waals surface area contributed by atoms with Crippen molar-refractivity contribution in [3.63, 3.8) is 0 Å². The summed E-state index contributed by atoms with van der Waals surface area (Å²) in [5, 5.41) is 16.4. The van der Waals surface area contributed by atoms with Gasteiger partial charge >= 0.3 is 11.9 Å². The van der Waals surface area contributed by atoms with Crippen LogP contribution >= 0.6 is 0 Å². The average Bonchev–Trinajstić information content (AvgIpc) is 2.28. The Hall–Kier alpha value is -2.08. The number of rotatable bonds is 6. The number of hydrogen-bond donors (Lipinski definition) is 0. The van der Waals surface area contributed by atoms with E-state index in [9.17, 15) is 9.59 Å². The minimum Gasteiger partial charge on any atom is -0.464 e. The largest absolute Gasteiger partial charge is 0.464 e. The van der Waals surface area contributed by atoms with Crippen molar-refractivity contribution >= 4 is 11.9 Å². The molecule has 0 heterocycles. The summed E-state index contributed by atoms with van der Waals surface area (Å²) in [6, 6.07) is 3.61. The van der Waals surface area contributed by atoms with E-state index in [0.29, 0.717) is 0 Å². The topological polar surface area (TPSA) is 100 Å². The highest BCUT2D eigenvalue weighted by molar-refractivity contribution is 5.94. The summed E-state index contributed by atoms with van der Waals surface area (Å²) in [5.41, 5.74) is 0. The van der Waals surface area contributed by atoms with Gasteiger partial charge in [-0.05, 0) is 6.92 Å². The normalized spacial score (nSPS) is 9.00. The van der Waals surface area contributed by atoms with Gasteiger partial charge in [-0.3, -0.25) is 9.59 Å². The predicted molar refractivity (Wildman–Crippen MR) is 51.5 cm³/mol. The molecule has 0 aliphatic carbocycles. The lowest BCUT2D eigenvalue weighted by Crippen LogP contribution is -2.25. The van der Waals surface area contributed by atoms with E-state index in [4.69, 9.17) is 10.5 Å². The Morgan fingerprint density at radius 3 is 1.75 bits per heavy atom. The molecule has 6 nitrogen and oxygen atoms in total. The van der Waals surface area contributed by atoms with Gasteiger partial charge in [0.2, 0.25) is 0 Å². The van der Waals surface area contributed by atoms with Crippen molar-refractivity contribution in [2.24, 2.45) is 5.92 Å². The second-order valence-corrected chi connectivity index (χ2v) is 2.87. The highest BCUT2D eigenvalue weighted by Crippen LogP contribution is 2.02. The molecule has 0 radical (unpaired) electrons. The Morgan fingerprint density at radius 1 is 1.06 bits per heavy atom. The van der Waals surface area contributed by atoms with Crippen LogP contribution in [0.25, 0.3) is 0 Å². The number of carbonyl (C=O) groups is 2. The fourth-order valence-corrected chi connectivity index (χ4v) is 0.741. The Kier molecular flexibility index (Phi) is 7.17. The van der Waals surface area contributed by atoms with Crippen molar-refractivity contribution in [2.75, 3.05) is 13.2 Å². The molecular formula is C10H12N2O4. The third-order valence-electron chi connectivity index (χ3n) is 1.62. The van der Waals surface area contributed by atoms with Gasteiger partial charge in [0.05, 0.1) is 25.0 Å². The van der Waals surface area contributed by atoms with Crippen LogP contribution in [0.2, 0.25) is 0 Å². The standard InChI is InChI=1S/C10H12N2O4/c1-8(9(13)15-6-2-4-11)10(14)16-7-3-5-12/h8H,2-3,6-7H2,1H3. The quantitative estimate of drug-likeness (QED) is 0.370. The third-order valence-corrected chi connectivity index (χ3v) is 1.62. The minimum atomic E-state index is -1.03. The van der Waals surface area contributed by atoms with Crippen LogP contribution in [0.15, 0.2) is 0 Å². The lowest BCUT2D eigenvalue weighted by Gasteiger charge is -2.09. The van der Waals surface area contributed by atoms with Crippen molar-refractivity contribution in [1.29, 1.82) is 10.5 Å². The second kappa shape index (κ2) is 8.25. The predicted octanol–water partition coefficient (Wildman–Crippen LogP) is 0.536. The van der Waals surface area contributed by atoms with E-state index in [0.717, 1.165) is 0 Å². The summed E-state index contributed by atoms with van der Waals surface area (Å²) in [6.45, 7) is 1.28. The third kappa shape index (κ3) is 5.61. The van der Waals surface area contributed by atoms with Gasteiger partial charge in [-0.15, -0.1) is 0 Å². The molecule has 0 saturated carbocycles. The molecule has 0 aromatic carbocycles. The van der Waals surface area contributed by atoms with Gasteiger partial charge in [0, 0.05) is 0 Å². The monoisotopic (exact) mass is 224 g/mol. The van der Waals surface area contributed by atoms with E-state index in [1.54, 1.807) is 12.1 Å². The fraction of sp³-hybridized carbons (Fsp3) is 0.600. The van der Waals surface area contributed by atoms with Crippen molar-refractivity contribution in [3.05, 3.63) is 0 Å². The van der Waals surface area contributed by atoms with E-state index in [2.05, 4.69) is 9.47 Å². The molecule has 0 amide bonds. The first-order chi connectivity index (χ1) is 7.63. The highest BCUT2D eigenvalue weighted by Gasteiger charge is 2.24. The highest BCUT2D eigenvalue weighted by atomic mass is 16.6. The van der Waals surface area contributed by atoms with Crippen LogP contribution < -0.4 is 0 Å². The van der Waals surface area contributed by atoms with Gasteiger partial charge in [0.25, 0.3) is 0 Å². The van der Waals surface area contributed by atoms with Crippen molar-refractivity contribution < 1.29 is 19.1 Å². The van der Waals surface area contributed by atoms with Crippen LogP contribution in [0.1, 0.15) is 19.8 Å². The van der Waals surface area contributed by atoms with Crippen LogP contribution in [0, 0.1) is 28.6 Å². The maximum Gasteiger partial charge on any atom is 0.320 e. The number of esters is 2. The first-order valence-corrected chi connectivity index (χ1v) is 4.70. The molecule has 0 saturated heterocycles. The number of nitrogens with zero attached hydrogens (tertiary/aromatic N) is 2. The van der Waals surface area contributed by atoms with Crippen LogP contribution in [-0.4, -0.2) is 25.2 Å². The number of carbonyl (C=O) groups excluding carboxylic acids is 2. The maximum atomic E-state index is 11.2. The lowest BCUT2D eigenvalue weighted by molar-refractivity contribution is -0.160. The summed E-state index contributed by atoms with van der Waals surface area (Å²) >= 11 is 0. The van der Waals surface area contributed by atoms with E-state index in [-0.39, 0.29) is 26.1 Å². The van der Waals surface area contributed by atoms with E-state index in [1.165, 1.54) is 6.92 Å². The van der Waals surface area contributed by atoms with Crippen molar-refractivity contribution in [1.82, 2.24) is 0 Å². The molecule has 0 atom stereocenters. The van der Waals surface area contributed by atoms with Crippen molar-refractivity contribution in [2.45, 2.75) is 19.8 Å².